The standard InChI is InChI=1S/C14H21NO2/c1-10(2)6-7-15(3)13-9-17-14-8-11(16)4-5-12(13)14/h4-5,8,10,13,16H,6-7,9H2,1-3H3. The van der Waals surface area contributed by atoms with Gasteiger partial charge in [-0.1, -0.05) is 13.8 Å². The third-order valence-electron chi connectivity index (χ3n) is 3.34. The maximum atomic E-state index is 9.40. The van der Waals surface area contributed by atoms with E-state index in [9.17, 15) is 5.11 Å². The van der Waals surface area contributed by atoms with Gasteiger partial charge in [-0.15, -0.1) is 0 Å². The van der Waals surface area contributed by atoms with Gasteiger partial charge in [0.15, 0.2) is 0 Å². The molecule has 0 fully saturated rings. The summed E-state index contributed by atoms with van der Waals surface area (Å²) in [5, 5.41) is 9.40. The van der Waals surface area contributed by atoms with Gasteiger partial charge in [0, 0.05) is 11.6 Å². The predicted molar refractivity (Wildman–Crippen MR) is 68.4 cm³/mol. The molecule has 0 radical (unpaired) electrons. The Kier molecular flexibility index (Phi) is 3.57. The number of phenols is 1. The minimum Gasteiger partial charge on any atom is -0.508 e. The van der Waals surface area contributed by atoms with E-state index in [0.717, 1.165) is 18.2 Å². The van der Waals surface area contributed by atoms with Crippen LogP contribution in [0.15, 0.2) is 18.2 Å². The highest BCUT2D eigenvalue weighted by molar-refractivity contribution is 5.44. The lowest BCUT2D eigenvalue weighted by atomic mass is 10.1. The summed E-state index contributed by atoms with van der Waals surface area (Å²) in [6, 6.07) is 5.72. The number of fused-ring (bicyclic) bond motifs is 1. The van der Waals surface area contributed by atoms with Gasteiger partial charge < -0.3 is 9.84 Å². The fourth-order valence-electron chi connectivity index (χ4n) is 2.16. The molecule has 94 valence electrons. The number of hydrogen-bond donors (Lipinski definition) is 1. The number of benzene rings is 1. The van der Waals surface area contributed by atoms with Crippen molar-refractivity contribution in [3.05, 3.63) is 23.8 Å². The molecule has 1 heterocycles. The van der Waals surface area contributed by atoms with Crippen molar-refractivity contribution in [2.24, 2.45) is 5.92 Å². The average Bonchev–Trinajstić information content (AvgIpc) is 2.68. The maximum absolute atomic E-state index is 9.40. The second kappa shape index (κ2) is 4.96. The van der Waals surface area contributed by atoms with Crippen LogP contribution in [0.1, 0.15) is 31.9 Å². The Bertz CT molecular complexity index is 390. The molecule has 3 heteroatoms. The van der Waals surface area contributed by atoms with Gasteiger partial charge in [0.1, 0.15) is 18.1 Å². The van der Waals surface area contributed by atoms with Gasteiger partial charge in [0.05, 0.1) is 6.04 Å². The topological polar surface area (TPSA) is 32.7 Å². The quantitative estimate of drug-likeness (QED) is 0.871. The van der Waals surface area contributed by atoms with Gasteiger partial charge in [-0.2, -0.15) is 0 Å². The molecule has 1 aliphatic heterocycles. The molecular weight excluding hydrogens is 214 g/mol. The molecule has 1 N–H and O–H groups in total. The first-order valence-corrected chi connectivity index (χ1v) is 6.24. The van der Waals surface area contributed by atoms with Crippen LogP contribution in [0.25, 0.3) is 0 Å². The van der Waals surface area contributed by atoms with E-state index in [4.69, 9.17) is 4.74 Å². The van der Waals surface area contributed by atoms with Crippen LogP contribution < -0.4 is 4.74 Å². The second-order valence-electron chi connectivity index (χ2n) is 5.21. The highest BCUT2D eigenvalue weighted by atomic mass is 16.5. The largest absolute Gasteiger partial charge is 0.508 e. The Morgan fingerprint density at radius 1 is 1.47 bits per heavy atom. The Morgan fingerprint density at radius 2 is 2.24 bits per heavy atom. The van der Waals surface area contributed by atoms with Crippen LogP contribution in [0, 0.1) is 5.92 Å². The van der Waals surface area contributed by atoms with Crippen molar-refractivity contribution < 1.29 is 9.84 Å². The highest BCUT2D eigenvalue weighted by Crippen LogP contribution is 2.37. The molecule has 1 atom stereocenters. The van der Waals surface area contributed by atoms with Gasteiger partial charge in [-0.25, -0.2) is 0 Å². The van der Waals surface area contributed by atoms with Crippen LogP contribution in [0.5, 0.6) is 11.5 Å². The van der Waals surface area contributed by atoms with Crippen molar-refractivity contribution in [1.82, 2.24) is 4.90 Å². The molecule has 2 rings (SSSR count). The van der Waals surface area contributed by atoms with E-state index in [0.29, 0.717) is 12.6 Å². The summed E-state index contributed by atoms with van der Waals surface area (Å²) in [5.41, 5.74) is 1.19. The summed E-state index contributed by atoms with van der Waals surface area (Å²) >= 11 is 0. The monoisotopic (exact) mass is 235 g/mol. The first-order valence-electron chi connectivity index (χ1n) is 6.24. The molecule has 0 saturated heterocycles. The van der Waals surface area contributed by atoms with Crippen molar-refractivity contribution in [2.45, 2.75) is 26.3 Å². The van der Waals surface area contributed by atoms with Crippen molar-refractivity contribution in [2.75, 3.05) is 20.2 Å². The number of phenolic OH excluding ortho intramolecular Hbond substituents is 1. The zero-order chi connectivity index (χ0) is 12.4. The van der Waals surface area contributed by atoms with E-state index in [-0.39, 0.29) is 5.75 Å². The number of nitrogens with zero attached hydrogens (tertiary/aromatic N) is 1. The third kappa shape index (κ3) is 2.72. The molecular formula is C14H21NO2. The van der Waals surface area contributed by atoms with Crippen molar-refractivity contribution in [3.63, 3.8) is 0 Å². The molecule has 0 amide bonds. The summed E-state index contributed by atoms with van der Waals surface area (Å²) < 4.78 is 5.62. The number of likely N-dealkylation sites (N-methyl/N-ethyl adjacent to an activating group) is 1. The maximum Gasteiger partial charge on any atom is 0.127 e. The summed E-state index contributed by atoms with van der Waals surface area (Å²) in [6.07, 6.45) is 1.19. The van der Waals surface area contributed by atoms with Gasteiger partial charge in [0.2, 0.25) is 0 Å². The Labute approximate surface area is 103 Å². The van der Waals surface area contributed by atoms with E-state index < -0.39 is 0 Å². The number of rotatable bonds is 4. The minimum atomic E-state index is 0.272. The van der Waals surface area contributed by atoms with Crippen LogP contribution >= 0.6 is 0 Å². The minimum absolute atomic E-state index is 0.272. The molecule has 0 aliphatic carbocycles. The summed E-state index contributed by atoms with van der Waals surface area (Å²) in [4.78, 5) is 2.34. The van der Waals surface area contributed by atoms with E-state index >= 15 is 0 Å². The fraction of sp³-hybridized carbons (Fsp3) is 0.571. The van der Waals surface area contributed by atoms with Crippen molar-refractivity contribution in [3.8, 4) is 11.5 Å². The number of aromatic hydroxyl groups is 1. The zero-order valence-electron chi connectivity index (χ0n) is 10.8. The van der Waals surface area contributed by atoms with Crippen molar-refractivity contribution >= 4 is 0 Å². The normalized spacial score (nSPS) is 18.5. The van der Waals surface area contributed by atoms with E-state index in [2.05, 4.69) is 25.8 Å². The first-order chi connectivity index (χ1) is 8.08. The summed E-state index contributed by atoms with van der Waals surface area (Å²) in [5.74, 6) is 1.82. The molecule has 1 unspecified atom stereocenters. The summed E-state index contributed by atoms with van der Waals surface area (Å²) in [7, 11) is 2.14. The molecule has 1 aromatic rings. The summed E-state index contributed by atoms with van der Waals surface area (Å²) in [6.45, 7) is 6.25. The fourth-order valence-corrected chi connectivity index (χ4v) is 2.16. The number of hydrogen-bond acceptors (Lipinski definition) is 3. The van der Waals surface area contributed by atoms with Crippen LogP contribution in [0.4, 0.5) is 0 Å². The number of ether oxygens (including phenoxy) is 1. The van der Waals surface area contributed by atoms with Gasteiger partial charge >= 0.3 is 0 Å². The molecule has 0 spiro atoms. The van der Waals surface area contributed by atoms with Crippen LogP contribution in [-0.4, -0.2) is 30.2 Å². The molecule has 1 aromatic carbocycles. The van der Waals surface area contributed by atoms with Gasteiger partial charge in [-0.05, 0) is 38.1 Å². The molecule has 0 saturated carbocycles. The molecule has 17 heavy (non-hydrogen) atoms. The average molecular weight is 235 g/mol. The molecule has 0 aromatic heterocycles. The van der Waals surface area contributed by atoms with Crippen molar-refractivity contribution in [1.29, 1.82) is 0 Å². The van der Waals surface area contributed by atoms with E-state index in [1.807, 2.05) is 6.07 Å². The second-order valence-corrected chi connectivity index (χ2v) is 5.21. The predicted octanol–water partition coefficient (Wildman–Crippen LogP) is 2.80. The molecule has 0 bridgehead atoms. The highest BCUT2D eigenvalue weighted by Gasteiger charge is 2.27. The Morgan fingerprint density at radius 3 is 2.94 bits per heavy atom. The first kappa shape index (κ1) is 12.2. The molecule has 1 aliphatic rings. The SMILES string of the molecule is CC(C)CCN(C)C1COc2cc(O)ccc21. The van der Waals surface area contributed by atoms with Crippen LogP contribution in [-0.2, 0) is 0 Å². The van der Waals surface area contributed by atoms with Gasteiger partial charge in [0.25, 0.3) is 0 Å². The van der Waals surface area contributed by atoms with Gasteiger partial charge in [-0.3, -0.25) is 4.90 Å². The molecule has 3 nitrogen and oxygen atoms in total. The Balaban J connectivity index is 2.06. The third-order valence-corrected chi connectivity index (χ3v) is 3.34. The lowest BCUT2D eigenvalue weighted by molar-refractivity contribution is 0.188. The smallest absolute Gasteiger partial charge is 0.127 e. The lowest BCUT2D eigenvalue weighted by Crippen LogP contribution is -2.27. The van der Waals surface area contributed by atoms with E-state index in [1.165, 1.54) is 12.0 Å². The van der Waals surface area contributed by atoms with Crippen LogP contribution in [0.2, 0.25) is 0 Å². The lowest BCUT2D eigenvalue weighted by Gasteiger charge is -2.24. The van der Waals surface area contributed by atoms with E-state index in [1.54, 1.807) is 12.1 Å². The zero-order valence-corrected chi connectivity index (χ0v) is 10.8. The van der Waals surface area contributed by atoms with Crippen LogP contribution in [0.3, 0.4) is 0 Å². The Hall–Kier alpha value is -1.22.